The van der Waals surface area contributed by atoms with E-state index in [0.29, 0.717) is 21.5 Å². The van der Waals surface area contributed by atoms with E-state index in [0.717, 1.165) is 5.56 Å². The lowest BCUT2D eigenvalue weighted by Gasteiger charge is -2.19. The molecule has 2 aromatic carbocycles. The van der Waals surface area contributed by atoms with Gasteiger partial charge in [0.25, 0.3) is 0 Å². The third-order valence-corrected chi connectivity index (χ3v) is 5.43. The lowest BCUT2D eigenvalue weighted by atomic mass is 9.87. The van der Waals surface area contributed by atoms with Crippen molar-refractivity contribution in [3.63, 3.8) is 0 Å². The molecule has 3 nitrogen and oxygen atoms in total. The van der Waals surface area contributed by atoms with Gasteiger partial charge in [-0.3, -0.25) is 9.00 Å². The maximum absolute atomic E-state index is 12.2. The summed E-state index contributed by atoms with van der Waals surface area (Å²) in [7, 11) is -1.29. The predicted molar refractivity (Wildman–Crippen MR) is 107 cm³/mol. The highest BCUT2D eigenvalue weighted by Crippen LogP contribution is 2.25. The predicted octanol–water partition coefficient (Wildman–Crippen LogP) is 5.18. The van der Waals surface area contributed by atoms with Gasteiger partial charge in [0, 0.05) is 21.6 Å². The van der Waals surface area contributed by atoms with E-state index in [4.69, 9.17) is 23.2 Å². The molecule has 1 amide bonds. The second kappa shape index (κ2) is 8.35. The maximum Gasteiger partial charge on any atom is 0.237 e. The van der Waals surface area contributed by atoms with Crippen LogP contribution in [0.4, 0.5) is 5.69 Å². The number of amides is 1. The lowest BCUT2D eigenvalue weighted by molar-refractivity contribution is -0.113. The van der Waals surface area contributed by atoms with Crippen molar-refractivity contribution in [3.05, 3.63) is 63.6 Å². The largest absolute Gasteiger partial charge is 0.324 e. The van der Waals surface area contributed by atoms with Gasteiger partial charge < -0.3 is 5.32 Å². The summed E-state index contributed by atoms with van der Waals surface area (Å²) >= 11 is 11.8. The Balaban J connectivity index is 1.92. The van der Waals surface area contributed by atoms with Gasteiger partial charge in [-0.15, -0.1) is 0 Å². The van der Waals surface area contributed by atoms with E-state index < -0.39 is 10.8 Å². The van der Waals surface area contributed by atoms with E-state index in [1.807, 2.05) is 24.3 Å². The highest BCUT2D eigenvalue weighted by Gasteiger charge is 2.14. The molecule has 0 unspecified atom stereocenters. The molecular weight excluding hydrogens is 377 g/mol. The van der Waals surface area contributed by atoms with Crippen LogP contribution in [0.1, 0.15) is 31.9 Å². The summed E-state index contributed by atoms with van der Waals surface area (Å²) in [6.07, 6.45) is 0. The van der Waals surface area contributed by atoms with E-state index in [1.54, 1.807) is 18.2 Å². The standard InChI is InChI=1S/C19H21Cl2NO2S/c1-19(2,3)14-6-4-13(5-7-14)11-25(24)12-18(23)22-17-9-8-15(20)10-16(17)21/h4-10H,11-12H2,1-3H3,(H,22,23)/t25-/m1/s1. The van der Waals surface area contributed by atoms with Crippen LogP contribution in [0.3, 0.4) is 0 Å². The summed E-state index contributed by atoms with van der Waals surface area (Å²) in [6, 6.07) is 12.8. The first-order valence-corrected chi connectivity index (χ1v) is 10.1. The second-order valence-electron chi connectivity index (χ2n) is 6.85. The average Bonchev–Trinajstić information content (AvgIpc) is 2.49. The molecule has 0 radical (unpaired) electrons. The number of anilines is 1. The Morgan fingerprint density at radius 1 is 1.08 bits per heavy atom. The Bertz CT molecular complexity index is 783. The Morgan fingerprint density at radius 2 is 1.72 bits per heavy atom. The monoisotopic (exact) mass is 397 g/mol. The molecule has 2 aromatic rings. The molecule has 0 saturated carbocycles. The lowest BCUT2D eigenvalue weighted by Crippen LogP contribution is -2.20. The van der Waals surface area contributed by atoms with Crippen molar-refractivity contribution in [1.29, 1.82) is 0 Å². The van der Waals surface area contributed by atoms with Crippen LogP contribution in [0.25, 0.3) is 0 Å². The maximum atomic E-state index is 12.2. The molecule has 1 atom stereocenters. The van der Waals surface area contributed by atoms with Gasteiger partial charge in [0.15, 0.2) is 0 Å². The van der Waals surface area contributed by atoms with Gasteiger partial charge in [-0.25, -0.2) is 0 Å². The van der Waals surface area contributed by atoms with Crippen LogP contribution < -0.4 is 5.32 Å². The van der Waals surface area contributed by atoms with Crippen LogP contribution in [0.5, 0.6) is 0 Å². The van der Waals surface area contributed by atoms with Gasteiger partial charge in [-0.1, -0.05) is 68.2 Å². The smallest absolute Gasteiger partial charge is 0.237 e. The van der Waals surface area contributed by atoms with Crippen molar-refractivity contribution in [3.8, 4) is 0 Å². The number of halogens is 2. The molecular formula is C19H21Cl2NO2S. The van der Waals surface area contributed by atoms with Crippen molar-refractivity contribution in [2.24, 2.45) is 0 Å². The zero-order valence-corrected chi connectivity index (χ0v) is 16.8. The number of hydrogen-bond donors (Lipinski definition) is 1. The van der Waals surface area contributed by atoms with Gasteiger partial charge in [0.2, 0.25) is 5.91 Å². The summed E-state index contributed by atoms with van der Waals surface area (Å²) in [5, 5.41) is 3.50. The Morgan fingerprint density at radius 3 is 2.28 bits per heavy atom. The van der Waals surface area contributed by atoms with E-state index in [1.165, 1.54) is 5.56 Å². The van der Waals surface area contributed by atoms with Gasteiger partial charge in [0.1, 0.15) is 5.75 Å². The Kier molecular flexibility index (Phi) is 6.66. The van der Waals surface area contributed by atoms with Gasteiger partial charge in [-0.2, -0.15) is 0 Å². The fourth-order valence-corrected chi connectivity index (χ4v) is 3.75. The molecule has 0 spiro atoms. The molecule has 0 aliphatic heterocycles. The van der Waals surface area contributed by atoms with Crippen molar-refractivity contribution in [1.82, 2.24) is 0 Å². The minimum atomic E-state index is -1.29. The van der Waals surface area contributed by atoms with Crippen LogP contribution in [0, 0.1) is 0 Å². The van der Waals surface area contributed by atoms with Crippen molar-refractivity contribution < 1.29 is 9.00 Å². The number of carbonyl (C=O) groups is 1. The molecule has 0 aliphatic carbocycles. The fourth-order valence-electron chi connectivity index (χ4n) is 2.26. The summed E-state index contributed by atoms with van der Waals surface area (Å²) in [6.45, 7) is 6.44. The summed E-state index contributed by atoms with van der Waals surface area (Å²) in [5.74, 6) is -0.0829. The van der Waals surface area contributed by atoms with Crippen LogP contribution >= 0.6 is 23.2 Å². The number of nitrogens with one attached hydrogen (secondary N) is 1. The highest BCUT2D eigenvalue weighted by atomic mass is 35.5. The molecule has 2 rings (SSSR count). The van der Waals surface area contributed by atoms with Gasteiger partial charge in [0.05, 0.1) is 10.7 Å². The first-order chi connectivity index (χ1) is 11.6. The van der Waals surface area contributed by atoms with Gasteiger partial charge in [-0.05, 0) is 34.7 Å². The quantitative estimate of drug-likeness (QED) is 0.755. The number of carbonyl (C=O) groups excluding carboxylic acids is 1. The van der Waals surface area contributed by atoms with Crippen LogP contribution in [-0.2, 0) is 26.8 Å². The molecule has 25 heavy (non-hydrogen) atoms. The first-order valence-electron chi connectivity index (χ1n) is 7.84. The van der Waals surface area contributed by atoms with E-state index in [2.05, 4.69) is 26.1 Å². The number of hydrogen-bond acceptors (Lipinski definition) is 2. The van der Waals surface area contributed by atoms with Crippen LogP contribution in [0.2, 0.25) is 10.0 Å². The fraction of sp³-hybridized carbons (Fsp3) is 0.316. The van der Waals surface area contributed by atoms with Crippen molar-refractivity contribution >= 4 is 45.6 Å². The van der Waals surface area contributed by atoms with E-state index >= 15 is 0 Å². The van der Waals surface area contributed by atoms with Crippen LogP contribution in [0.15, 0.2) is 42.5 Å². The molecule has 0 aromatic heterocycles. The normalized spacial score (nSPS) is 12.7. The summed E-state index contributed by atoms with van der Waals surface area (Å²) < 4.78 is 12.2. The molecule has 0 saturated heterocycles. The highest BCUT2D eigenvalue weighted by molar-refractivity contribution is 7.84. The Labute approximate surface area is 161 Å². The molecule has 6 heteroatoms. The molecule has 0 heterocycles. The summed E-state index contributed by atoms with van der Waals surface area (Å²) in [4.78, 5) is 12.0. The van der Waals surface area contributed by atoms with E-state index in [-0.39, 0.29) is 17.1 Å². The summed E-state index contributed by atoms with van der Waals surface area (Å²) in [5.41, 5.74) is 2.71. The third kappa shape index (κ3) is 6.14. The van der Waals surface area contributed by atoms with Gasteiger partial charge >= 0.3 is 0 Å². The minimum Gasteiger partial charge on any atom is -0.324 e. The van der Waals surface area contributed by atoms with Crippen molar-refractivity contribution in [2.45, 2.75) is 31.9 Å². The van der Waals surface area contributed by atoms with Crippen molar-refractivity contribution in [2.75, 3.05) is 11.1 Å². The number of benzene rings is 2. The topological polar surface area (TPSA) is 46.2 Å². The van der Waals surface area contributed by atoms with E-state index in [9.17, 15) is 9.00 Å². The zero-order valence-electron chi connectivity index (χ0n) is 14.4. The third-order valence-electron chi connectivity index (χ3n) is 3.64. The second-order valence-corrected chi connectivity index (χ2v) is 9.15. The SMILES string of the molecule is CC(C)(C)c1ccc(C[S@@](=O)CC(=O)Nc2ccc(Cl)cc2Cl)cc1. The van der Waals surface area contributed by atoms with Crippen LogP contribution in [-0.4, -0.2) is 15.9 Å². The Hall–Kier alpha value is -1.36. The molecule has 134 valence electrons. The number of rotatable bonds is 5. The molecule has 0 fully saturated rings. The zero-order chi connectivity index (χ0) is 18.6. The molecule has 0 aliphatic rings. The average molecular weight is 398 g/mol. The molecule has 1 N–H and O–H groups in total. The molecule has 0 bridgehead atoms. The minimum absolute atomic E-state index is 0.0788. The first kappa shape index (κ1) is 20.0.